The predicted octanol–water partition coefficient (Wildman–Crippen LogP) is 14.2. The molecule has 3 aromatic heterocycles. The van der Waals surface area contributed by atoms with E-state index < -0.39 is 0 Å². The molecule has 0 aliphatic carbocycles. The monoisotopic (exact) mass is 1010 g/mol. The Hall–Kier alpha value is -4.47. The van der Waals surface area contributed by atoms with Gasteiger partial charge in [-0.3, -0.25) is 4.57 Å². The summed E-state index contributed by atoms with van der Waals surface area (Å²) in [4.78, 5) is 4.92. The van der Waals surface area contributed by atoms with Crippen LogP contribution >= 0.6 is 0 Å². The maximum absolute atomic E-state index is 6.73. The first-order chi connectivity index (χ1) is 28.0. The summed E-state index contributed by atoms with van der Waals surface area (Å²) in [6.07, 6.45) is 5.79. The first-order valence-corrected chi connectivity index (χ1v) is 22.0. The van der Waals surface area contributed by atoms with E-state index in [0.717, 1.165) is 33.6 Å². The van der Waals surface area contributed by atoms with Crippen LogP contribution in [0.5, 0.6) is 11.5 Å². The molecule has 6 heteroatoms. The third-order valence-electron chi connectivity index (χ3n) is 11.8. The quantitative estimate of drug-likeness (QED) is 0.127. The van der Waals surface area contributed by atoms with Gasteiger partial charge in [0.25, 0.3) is 6.33 Å². The van der Waals surface area contributed by atoms with E-state index in [4.69, 9.17) is 9.72 Å². The standard InChI is InChI=1S/C56H68N4O.Pt/c1-51(2,3)36-22-25-46-45(31-36)44-24-23-43(34-47(44)60(46)48-32-37(26-27-57-48)52(4,5)6)61-42-21-19-20-40(33-42)58-35-59(50(56(16,17)18)49(58)55(13,14)15)41-29-38(53(7,8)9)28-39(30-41)54(10,11)12;/h19-32H,1-18H3;/q-2;. The number of pyridine rings is 1. The van der Waals surface area contributed by atoms with Crippen molar-refractivity contribution in [1.82, 2.24) is 14.1 Å². The summed E-state index contributed by atoms with van der Waals surface area (Å²) in [5.74, 6) is 2.08. The average molecular weight is 1010 g/mol. The van der Waals surface area contributed by atoms with Crippen molar-refractivity contribution in [2.75, 3.05) is 0 Å². The van der Waals surface area contributed by atoms with Crippen molar-refractivity contribution in [1.29, 1.82) is 0 Å². The molecular weight excluding hydrogens is 940 g/mol. The summed E-state index contributed by atoms with van der Waals surface area (Å²) in [6.45, 7) is 41.0. The number of benzene rings is 4. The number of hydrogen-bond acceptors (Lipinski definition) is 2. The maximum atomic E-state index is 6.73. The van der Waals surface area contributed by atoms with Gasteiger partial charge in [-0.1, -0.05) is 148 Å². The number of ether oxygens (including phenoxy) is 1. The zero-order chi connectivity index (χ0) is 44.8. The molecule has 7 rings (SSSR count). The Morgan fingerprint density at radius 3 is 1.68 bits per heavy atom. The van der Waals surface area contributed by atoms with E-state index in [-0.39, 0.29) is 53.6 Å². The second-order valence-corrected chi connectivity index (χ2v) is 23.3. The number of rotatable bonds is 5. The van der Waals surface area contributed by atoms with Crippen LogP contribution in [-0.2, 0) is 53.6 Å². The number of hydrogen-bond donors (Lipinski definition) is 0. The second kappa shape index (κ2) is 16.0. The largest absolute Gasteiger partial charge is 0.510 e. The maximum Gasteiger partial charge on any atom is 0.267 e. The van der Waals surface area contributed by atoms with Crippen LogP contribution in [0.25, 0.3) is 39.0 Å². The molecule has 0 atom stereocenters. The van der Waals surface area contributed by atoms with E-state index in [1.165, 1.54) is 39.0 Å². The molecule has 330 valence electrons. The van der Waals surface area contributed by atoms with Crippen molar-refractivity contribution in [3.05, 3.63) is 137 Å². The zero-order valence-electron chi connectivity index (χ0n) is 40.6. The Labute approximate surface area is 387 Å². The van der Waals surface area contributed by atoms with Crippen LogP contribution in [0.2, 0.25) is 0 Å². The van der Waals surface area contributed by atoms with Gasteiger partial charge in [0.1, 0.15) is 5.82 Å². The van der Waals surface area contributed by atoms with Gasteiger partial charge in [-0.15, -0.1) is 29.7 Å². The molecule has 5 nitrogen and oxygen atoms in total. The number of imidazole rings is 1. The predicted molar refractivity (Wildman–Crippen MR) is 255 cm³/mol. The fourth-order valence-electron chi connectivity index (χ4n) is 8.20. The Morgan fingerprint density at radius 1 is 0.532 bits per heavy atom. The molecule has 0 saturated carbocycles. The van der Waals surface area contributed by atoms with Crippen molar-refractivity contribution in [2.24, 2.45) is 0 Å². The molecule has 62 heavy (non-hydrogen) atoms. The summed E-state index contributed by atoms with van der Waals surface area (Å²) < 4.78 is 13.5. The molecule has 0 aliphatic rings. The normalized spacial score (nSPS) is 13.2. The first-order valence-electron chi connectivity index (χ1n) is 22.0. The average Bonchev–Trinajstić information content (AvgIpc) is 3.71. The van der Waals surface area contributed by atoms with E-state index in [2.05, 4.69) is 217 Å². The van der Waals surface area contributed by atoms with Crippen LogP contribution in [0, 0.1) is 18.5 Å². The van der Waals surface area contributed by atoms with Crippen LogP contribution in [-0.4, -0.2) is 14.1 Å². The smallest absolute Gasteiger partial charge is 0.267 e. The zero-order valence-corrected chi connectivity index (χ0v) is 42.9. The molecule has 0 aliphatic heterocycles. The van der Waals surface area contributed by atoms with Crippen molar-refractivity contribution in [3.8, 4) is 28.7 Å². The van der Waals surface area contributed by atoms with E-state index in [9.17, 15) is 0 Å². The molecule has 0 saturated heterocycles. The fourth-order valence-corrected chi connectivity index (χ4v) is 8.20. The minimum Gasteiger partial charge on any atom is -0.510 e. The van der Waals surface area contributed by atoms with Gasteiger partial charge >= 0.3 is 0 Å². The first kappa shape index (κ1) is 47.0. The molecule has 0 spiro atoms. The van der Waals surface area contributed by atoms with Crippen LogP contribution in [0.15, 0.2) is 85.1 Å². The van der Waals surface area contributed by atoms with E-state index in [1.807, 2.05) is 24.4 Å². The van der Waals surface area contributed by atoms with Crippen molar-refractivity contribution < 1.29 is 30.4 Å². The number of fused-ring (bicyclic) bond motifs is 3. The molecular formula is C56H68N4OPt-2. The van der Waals surface area contributed by atoms with Gasteiger partial charge in [-0.05, 0) is 96.1 Å². The summed E-state index contributed by atoms with van der Waals surface area (Å²) in [7, 11) is 0. The summed E-state index contributed by atoms with van der Waals surface area (Å²) in [5.41, 5.74) is 11.0. The SMILES string of the molecule is CC(C)(C)c1cc(-[n+]2[c-]n(-c3[c-]c(Oc4[c-]c5c(cc4)c4cc(C(C)(C)C)ccc4n5-c4cc(C(C)(C)C)ccn4)ccc3)c(C(C)(C)C)c2C(C)(C)C)cc(C(C)(C)C)c1.[Pt]. The Bertz CT molecular complexity index is 2740. The van der Waals surface area contributed by atoms with Crippen molar-refractivity contribution >= 4 is 21.8 Å². The minimum absolute atomic E-state index is 0. The van der Waals surface area contributed by atoms with Crippen molar-refractivity contribution in [2.45, 2.75) is 157 Å². The molecule has 3 heterocycles. The van der Waals surface area contributed by atoms with Crippen LogP contribution in [0.3, 0.4) is 0 Å². The molecule has 0 amide bonds. The van der Waals surface area contributed by atoms with Gasteiger partial charge in [0.15, 0.2) is 0 Å². The van der Waals surface area contributed by atoms with Gasteiger partial charge in [0.05, 0.1) is 17.1 Å². The molecule has 0 radical (unpaired) electrons. The summed E-state index contributed by atoms with van der Waals surface area (Å²) >= 11 is 0. The summed E-state index contributed by atoms with van der Waals surface area (Å²) in [6, 6.07) is 35.9. The number of nitrogens with zero attached hydrogens (tertiary/aromatic N) is 4. The molecule has 0 unspecified atom stereocenters. The molecule has 0 N–H and O–H groups in total. The molecule has 0 bridgehead atoms. The summed E-state index contributed by atoms with van der Waals surface area (Å²) in [5, 5.41) is 2.28. The van der Waals surface area contributed by atoms with Gasteiger partial charge in [0.2, 0.25) is 0 Å². The van der Waals surface area contributed by atoms with Crippen molar-refractivity contribution in [3.63, 3.8) is 0 Å². The molecule has 4 aromatic carbocycles. The molecule has 7 aromatic rings. The van der Waals surface area contributed by atoms with Gasteiger partial charge < -0.3 is 13.9 Å². The van der Waals surface area contributed by atoms with Crippen LogP contribution in [0.4, 0.5) is 0 Å². The Kier molecular flexibility index (Phi) is 12.1. The number of aromatic nitrogens is 4. The molecule has 0 fully saturated rings. The topological polar surface area (TPSA) is 35.9 Å². The fraction of sp³-hybridized carbons (Fsp3) is 0.429. The van der Waals surface area contributed by atoms with Gasteiger partial charge in [-0.25, -0.2) is 4.98 Å². The Balaban J connectivity index is 0.00000641. The minimum atomic E-state index is -0.221. The second-order valence-electron chi connectivity index (χ2n) is 23.3. The van der Waals surface area contributed by atoms with E-state index >= 15 is 0 Å². The Morgan fingerprint density at radius 2 is 1.11 bits per heavy atom. The third-order valence-corrected chi connectivity index (χ3v) is 11.8. The van der Waals surface area contributed by atoms with Gasteiger partial charge in [-0.2, -0.15) is 18.2 Å². The van der Waals surface area contributed by atoms with Gasteiger partial charge in [0, 0.05) is 44.3 Å². The van der Waals surface area contributed by atoms with E-state index in [1.54, 1.807) is 0 Å². The van der Waals surface area contributed by atoms with Crippen LogP contribution < -0.4 is 9.30 Å². The third kappa shape index (κ3) is 9.26. The van der Waals surface area contributed by atoms with Crippen LogP contribution in [0.1, 0.15) is 158 Å². The van der Waals surface area contributed by atoms with E-state index in [0.29, 0.717) is 11.5 Å².